The van der Waals surface area contributed by atoms with E-state index in [1.807, 2.05) is 0 Å². The Bertz CT molecular complexity index is 692. The van der Waals surface area contributed by atoms with Crippen molar-refractivity contribution in [3.05, 3.63) is 29.8 Å². The number of ether oxygens (including phenoxy) is 2. The summed E-state index contributed by atoms with van der Waals surface area (Å²) in [6.07, 6.45) is -0.563. The fourth-order valence-corrected chi connectivity index (χ4v) is 2.26. The maximum absolute atomic E-state index is 12.7. The molecule has 0 spiro atoms. The van der Waals surface area contributed by atoms with Crippen LogP contribution in [0.4, 0.5) is 4.79 Å². The van der Waals surface area contributed by atoms with Gasteiger partial charge in [-0.05, 0) is 59.2 Å². The van der Waals surface area contributed by atoms with Crippen molar-refractivity contribution in [3.63, 3.8) is 0 Å². The molecule has 1 rings (SSSR count). The molecule has 0 bridgehead atoms. The number of phenols is 1. The molecule has 3 N–H and O–H groups in total. The molecule has 0 aromatic heterocycles. The molecule has 1 atom stereocenters. The summed E-state index contributed by atoms with van der Waals surface area (Å²) in [5.74, 6) is -1.05. The molecule has 0 saturated heterocycles. The molecular weight excluding hydrogens is 364 g/mol. The lowest BCUT2D eigenvalue weighted by Crippen LogP contribution is -2.58. The average molecular weight is 394 g/mol. The molecule has 1 aromatic rings. The highest BCUT2D eigenvalue weighted by molar-refractivity contribution is 5.92. The van der Waals surface area contributed by atoms with Crippen LogP contribution in [0.3, 0.4) is 0 Å². The van der Waals surface area contributed by atoms with Gasteiger partial charge >= 0.3 is 12.1 Å². The van der Waals surface area contributed by atoms with Gasteiger partial charge < -0.3 is 25.2 Å². The zero-order chi connectivity index (χ0) is 21.5. The highest BCUT2D eigenvalue weighted by Gasteiger charge is 2.34. The molecule has 2 amide bonds. The van der Waals surface area contributed by atoms with E-state index >= 15 is 0 Å². The first kappa shape index (κ1) is 23.3. The fraction of sp³-hybridized carbons (Fsp3) is 0.550. The Morgan fingerprint density at radius 3 is 2.14 bits per heavy atom. The number of hydrogen-bond acceptors (Lipinski definition) is 6. The molecule has 0 fully saturated rings. The molecule has 1 aromatic carbocycles. The zero-order valence-corrected chi connectivity index (χ0v) is 17.3. The fourth-order valence-electron chi connectivity index (χ4n) is 2.26. The van der Waals surface area contributed by atoms with Crippen LogP contribution in [-0.2, 0) is 25.5 Å². The highest BCUT2D eigenvalue weighted by atomic mass is 16.6. The van der Waals surface area contributed by atoms with Gasteiger partial charge in [-0.15, -0.1) is 0 Å². The van der Waals surface area contributed by atoms with Gasteiger partial charge in [0.2, 0.25) is 5.91 Å². The molecule has 0 aliphatic carbocycles. The summed E-state index contributed by atoms with van der Waals surface area (Å²) in [7, 11) is 0. The minimum atomic E-state index is -1.32. The molecular formula is C20H30N2O6. The normalized spacial score (nSPS) is 12.6. The number of rotatable bonds is 7. The number of amides is 2. The van der Waals surface area contributed by atoms with E-state index < -0.39 is 35.2 Å². The molecule has 0 aliphatic rings. The summed E-state index contributed by atoms with van der Waals surface area (Å²) >= 11 is 0. The lowest BCUT2D eigenvalue weighted by atomic mass is 10.0. The van der Waals surface area contributed by atoms with Crippen molar-refractivity contribution >= 4 is 18.0 Å². The van der Waals surface area contributed by atoms with Crippen molar-refractivity contribution in [3.8, 4) is 5.75 Å². The topological polar surface area (TPSA) is 114 Å². The monoisotopic (exact) mass is 394 g/mol. The Morgan fingerprint density at radius 1 is 1.07 bits per heavy atom. The van der Waals surface area contributed by atoms with Crippen LogP contribution in [0.2, 0.25) is 0 Å². The van der Waals surface area contributed by atoms with E-state index in [1.165, 1.54) is 26.0 Å². The molecule has 0 unspecified atom stereocenters. The number of aromatic hydroxyl groups is 1. The van der Waals surface area contributed by atoms with Crippen LogP contribution in [0, 0.1) is 0 Å². The number of carbonyl (C=O) groups is 3. The van der Waals surface area contributed by atoms with Crippen molar-refractivity contribution in [2.75, 3.05) is 6.61 Å². The predicted octanol–water partition coefficient (Wildman–Crippen LogP) is 2.29. The lowest BCUT2D eigenvalue weighted by Gasteiger charge is -2.29. The minimum Gasteiger partial charge on any atom is -0.508 e. The summed E-state index contributed by atoms with van der Waals surface area (Å²) < 4.78 is 10.2. The summed E-state index contributed by atoms with van der Waals surface area (Å²) in [6, 6.07) is 5.34. The zero-order valence-electron chi connectivity index (χ0n) is 17.3. The molecule has 28 heavy (non-hydrogen) atoms. The van der Waals surface area contributed by atoms with Crippen LogP contribution in [0.5, 0.6) is 5.75 Å². The summed E-state index contributed by atoms with van der Waals surface area (Å²) in [6.45, 7) is 10.0. The third-order valence-corrected chi connectivity index (χ3v) is 3.63. The molecule has 8 nitrogen and oxygen atoms in total. The highest BCUT2D eigenvalue weighted by Crippen LogP contribution is 2.14. The van der Waals surface area contributed by atoms with E-state index in [0.717, 1.165) is 5.56 Å². The Morgan fingerprint density at radius 2 is 1.64 bits per heavy atom. The maximum Gasteiger partial charge on any atom is 0.408 e. The van der Waals surface area contributed by atoms with E-state index in [1.54, 1.807) is 39.8 Å². The molecule has 0 saturated carbocycles. The number of nitrogens with one attached hydrogen (secondary N) is 2. The smallest absolute Gasteiger partial charge is 0.408 e. The number of alkyl carbamates (subject to hydrolysis) is 1. The van der Waals surface area contributed by atoms with Crippen LogP contribution >= 0.6 is 0 Å². The van der Waals surface area contributed by atoms with Crippen LogP contribution in [0.25, 0.3) is 0 Å². The molecule has 0 aliphatic heterocycles. The van der Waals surface area contributed by atoms with Crippen LogP contribution < -0.4 is 10.6 Å². The molecule has 156 valence electrons. The van der Waals surface area contributed by atoms with Crippen LogP contribution in [0.15, 0.2) is 24.3 Å². The molecule has 0 radical (unpaired) electrons. The largest absolute Gasteiger partial charge is 0.508 e. The van der Waals surface area contributed by atoms with Crippen molar-refractivity contribution in [1.82, 2.24) is 10.6 Å². The molecule has 0 heterocycles. The van der Waals surface area contributed by atoms with E-state index in [2.05, 4.69) is 10.6 Å². The quantitative estimate of drug-likeness (QED) is 0.612. The second kappa shape index (κ2) is 9.43. The maximum atomic E-state index is 12.7. The molecule has 8 heteroatoms. The van der Waals surface area contributed by atoms with E-state index in [0.29, 0.717) is 0 Å². The Balaban J connectivity index is 2.87. The van der Waals surface area contributed by atoms with E-state index in [4.69, 9.17) is 9.47 Å². The SMILES string of the molecule is CCOC(=O)[C@H](Cc1ccc(O)cc1)NC(=O)C(C)(C)NC(=O)OC(C)(C)C. The number of benzene rings is 1. The van der Waals surface area contributed by atoms with E-state index in [-0.39, 0.29) is 18.8 Å². The van der Waals surface area contributed by atoms with Crippen LogP contribution in [0.1, 0.15) is 47.1 Å². The van der Waals surface area contributed by atoms with Crippen molar-refractivity contribution in [1.29, 1.82) is 0 Å². The van der Waals surface area contributed by atoms with Gasteiger partial charge in [-0.1, -0.05) is 12.1 Å². The van der Waals surface area contributed by atoms with Crippen molar-refractivity contribution in [2.45, 2.75) is 65.1 Å². The Labute approximate surface area is 165 Å². The van der Waals surface area contributed by atoms with Gasteiger partial charge in [-0.25, -0.2) is 9.59 Å². The van der Waals surface area contributed by atoms with Gasteiger partial charge in [0.25, 0.3) is 0 Å². The first-order valence-electron chi connectivity index (χ1n) is 9.10. The van der Waals surface area contributed by atoms with Crippen molar-refractivity contribution in [2.24, 2.45) is 0 Å². The third-order valence-electron chi connectivity index (χ3n) is 3.63. The van der Waals surface area contributed by atoms with Crippen LogP contribution in [-0.4, -0.2) is 46.9 Å². The number of esters is 1. The third kappa shape index (κ3) is 7.85. The van der Waals surface area contributed by atoms with Gasteiger partial charge in [0, 0.05) is 6.42 Å². The first-order chi connectivity index (χ1) is 12.8. The van der Waals surface area contributed by atoms with Gasteiger partial charge in [0.15, 0.2) is 0 Å². The van der Waals surface area contributed by atoms with Gasteiger partial charge in [-0.2, -0.15) is 0 Å². The second-order valence-corrected chi connectivity index (χ2v) is 7.90. The minimum absolute atomic E-state index is 0.100. The lowest BCUT2D eigenvalue weighted by molar-refractivity contribution is -0.148. The van der Waals surface area contributed by atoms with Gasteiger partial charge in [0.05, 0.1) is 6.61 Å². The number of hydrogen-bond donors (Lipinski definition) is 3. The van der Waals surface area contributed by atoms with Gasteiger partial charge in [0.1, 0.15) is 22.9 Å². The summed E-state index contributed by atoms with van der Waals surface area (Å²) in [5.41, 5.74) is -1.29. The predicted molar refractivity (Wildman–Crippen MR) is 104 cm³/mol. The second-order valence-electron chi connectivity index (χ2n) is 7.90. The van der Waals surface area contributed by atoms with E-state index in [9.17, 15) is 19.5 Å². The number of carbonyl (C=O) groups excluding carboxylic acids is 3. The Kier molecular flexibility index (Phi) is 7.84. The number of phenolic OH excluding ortho intramolecular Hbond substituents is 1. The summed E-state index contributed by atoms with van der Waals surface area (Å²) in [4.78, 5) is 37.0. The van der Waals surface area contributed by atoms with Gasteiger partial charge in [-0.3, -0.25) is 4.79 Å². The first-order valence-corrected chi connectivity index (χ1v) is 9.10. The van der Waals surface area contributed by atoms with Crippen molar-refractivity contribution < 1.29 is 29.0 Å². The summed E-state index contributed by atoms with van der Waals surface area (Å²) in [5, 5.41) is 14.5. The average Bonchev–Trinajstić information content (AvgIpc) is 2.53. The standard InChI is InChI=1S/C20H30N2O6/c1-7-27-16(24)15(12-13-8-10-14(23)11-9-13)21-17(25)20(5,6)22-18(26)28-19(2,3)4/h8-11,15,23H,7,12H2,1-6H3,(H,21,25)(H,22,26)/t15-/m0/s1. The Hall–Kier alpha value is -2.77.